The van der Waals surface area contributed by atoms with Gasteiger partial charge in [0, 0.05) is 32.3 Å². The Morgan fingerprint density at radius 1 is 1.48 bits per heavy atom. The van der Waals surface area contributed by atoms with Crippen LogP contribution in [0.2, 0.25) is 0 Å². The lowest BCUT2D eigenvalue weighted by Gasteiger charge is -2.22. The predicted molar refractivity (Wildman–Crippen MR) is 84.1 cm³/mol. The molecule has 0 saturated carbocycles. The molecule has 1 fully saturated rings. The minimum atomic E-state index is -0.329. The molecule has 1 atom stereocenters. The molecule has 0 radical (unpaired) electrons. The summed E-state index contributed by atoms with van der Waals surface area (Å²) in [6.45, 7) is 2.81. The van der Waals surface area contributed by atoms with E-state index in [9.17, 15) is 14.4 Å². The van der Waals surface area contributed by atoms with Crippen LogP contribution in [0, 0.1) is 12.8 Å². The third-order valence-corrected chi connectivity index (χ3v) is 4.11. The van der Waals surface area contributed by atoms with Gasteiger partial charge in [-0.3, -0.25) is 24.2 Å². The molecule has 0 spiro atoms. The highest BCUT2D eigenvalue weighted by atomic mass is 16.2. The second-order valence-corrected chi connectivity index (χ2v) is 5.93. The van der Waals surface area contributed by atoms with Gasteiger partial charge in [0.1, 0.15) is 0 Å². The van der Waals surface area contributed by atoms with Crippen molar-refractivity contribution in [2.45, 2.75) is 19.8 Å². The summed E-state index contributed by atoms with van der Waals surface area (Å²) in [6, 6.07) is 1.62. The molecule has 3 N–H and O–H groups in total. The number of amides is 2. The molecule has 1 aliphatic heterocycles. The molecule has 2 aromatic rings. The summed E-state index contributed by atoms with van der Waals surface area (Å²) in [6.07, 6.45) is 1.24. The first-order valence-electron chi connectivity index (χ1n) is 7.57. The van der Waals surface area contributed by atoms with Gasteiger partial charge in [0.05, 0.1) is 10.9 Å². The van der Waals surface area contributed by atoms with Crippen LogP contribution >= 0.6 is 0 Å². The van der Waals surface area contributed by atoms with Crippen molar-refractivity contribution in [2.24, 2.45) is 13.0 Å². The molecule has 2 amide bonds. The van der Waals surface area contributed by atoms with Crippen molar-refractivity contribution in [2.75, 3.05) is 13.1 Å². The van der Waals surface area contributed by atoms with Crippen molar-refractivity contribution in [1.82, 2.24) is 25.4 Å². The predicted octanol–water partition coefficient (Wildman–Crippen LogP) is -0.174. The highest BCUT2D eigenvalue weighted by Crippen LogP contribution is 2.15. The zero-order chi connectivity index (χ0) is 16.6. The molecule has 0 aliphatic carbocycles. The van der Waals surface area contributed by atoms with E-state index in [2.05, 4.69) is 20.7 Å². The molecule has 3 heterocycles. The van der Waals surface area contributed by atoms with Crippen LogP contribution in [0.5, 0.6) is 0 Å². The van der Waals surface area contributed by atoms with E-state index in [-0.39, 0.29) is 23.3 Å². The summed E-state index contributed by atoms with van der Waals surface area (Å²) in [7, 11) is 1.68. The highest BCUT2D eigenvalue weighted by molar-refractivity contribution is 6.05. The summed E-state index contributed by atoms with van der Waals surface area (Å²) in [5, 5.41) is 8.57. The number of piperidine rings is 1. The van der Waals surface area contributed by atoms with Crippen LogP contribution in [0.1, 0.15) is 28.9 Å². The van der Waals surface area contributed by atoms with Gasteiger partial charge in [-0.1, -0.05) is 0 Å². The van der Waals surface area contributed by atoms with Crippen LogP contribution in [0.15, 0.2) is 10.9 Å². The first kappa shape index (κ1) is 15.3. The Bertz CT molecular complexity index is 825. The zero-order valence-corrected chi connectivity index (χ0v) is 13.1. The van der Waals surface area contributed by atoms with Gasteiger partial charge < -0.3 is 10.6 Å². The van der Waals surface area contributed by atoms with E-state index in [0.717, 1.165) is 6.42 Å². The Morgan fingerprint density at radius 2 is 2.26 bits per heavy atom. The molecule has 0 bridgehead atoms. The number of aromatic amines is 1. The number of nitrogens with one attached hydrogen (secondary N) is 3. The van der Waals surface area contributed by atoms with Gasteiger partial charge in [-0.2, -0.15) is 0 Å². The Kier molecular flexibility index (Phi) is 3.89. The monoisotopic (exact) mass is 317 g/mol. The van der Waals surface area contributed by atoms with Crippen molar-refractivity contribution in [3.05, 3.63) is 27.7 Å². The second kappa shape index (κ2) is 5.86. The minimum Gasteiger partial charge on any atom is -0.356 e. The third-order valence-electron chi connectivity index (χ3n) is 4.11. The summed E-state index contributed by atoms with van der Waals surface area (Å²) in [5.41, 5.74) is 1.13. The topological polar surface area (TPSA) is 109 Å². The average Bonchev–Trinajstić information content (AvgIpc) is 2.80. The average molecular weight is 317 g/mol. The Labute approximate surface area is 132 Å². The van der Waals surface area contributed by atoms with Crippen molar-refractivity contribution >= 4 is 22.8 Å². The number of aryl methyl sites for hydroxylation is 2. The lowest BCUT2D eigenvalue weighted by Crippen LogP contribution is -2.40. The van der Waals surface area contributed by atoms with Gasteiger partial charge in [-0.15, -0.1) is 0 Å². The van der Waals surface area contributed by atoms with E-state index in [1.807, 2.05) is 0 Å². The quantitative estimate of drug-likeness (QED) is 0.730. The number of carbonyl (C=O) groups excluding carboxylic acids is 2. The second-order valence-electron chi connectivity index (χ2n) is 5.93. The Morgan fingerprint density at radius 3 is 2.96 bits per heavy atom. The first-order valence-corrected chi connectivity index (χ1v) is 7.57. The number of pyridine rings is 1. The van der Waals surface area contributed by atoms with Crippen molar-refractivity contribution in [1.29, 1.82) is 0 Å². The van der Waals surface area contributed by atoms with Crippen molar-refractivity contribution < 1.29 is 9.59 Å². The molecule has 8 nitrogen and oxygen atoms in total. The number of hydrogen-bond acceptors (Lipinski definition) is 4. The van der Waals surface area contributed by atoms with Gasteiger partial charge in [0.15, 0.2) is 5.65 Å². The number of aromatic nitrogens is 3. The van der Waals surface area contributed by atoms with E-state index in [1.54, 1.807) is 20.0 Å². The smallest absolute Gasteiger partial charge is 0.274 e. The number of rotatable bonds is 3. The van der Waals surface area contributed by atoms with Crippen LogP contribution in [0.3, 0.4) is 0 Å². The zero-order valence-electron chi connectivity index (χ0n) is 13.1. The van der Waals surface area contributed by atoms with Crippen LogP contribution < -0.4 is 16.2 Å². The number of hydrogen-bond donors (Lipinski definition) is 3. The van der Waals surface area contributed by atoms with Gasteiger partial charge in [-0.05, 0) is 25.3 Å². The minimum absolute atomic E-state index is 0.0508. The molecule has 0 aromatic carbocycles. The van der Waals surface area contributed by atoms with Crippen LogP contribution in [0.25, 0.3) is 11.0 Å². The lowest BCUT2D eigenvalue weighted by atomic mass is 9.99. The number of carbonyl (C=O) groups is 2. The molecule has 1 saturated heterocycles. The standard InChI is InChI=1S/C15H19N5O3/c1-8-5-10(12-13(18-8)20(2)19-15(12)23)14(22)17-7-9-3-4-11(21)16-6-9/h5,9H,3-4,6-7H2,1-2H3,(H,16,21)(H,17,22)(H,19,23). The molecule has 1 aliphatic rings. The van der Waals surface area contributed by atoms with Gasteiger partial charge in [0.25, 0.3) is 11.5 Å². The third kappa shape index (κ3) is 2.96. The van der Waals surface area contributed by atoms with Crippen LogP contribution in [0.4, 0.5) is 0 Å². The first-order chi connectivity index (χ1) is 11.0. The summed E-state index contributed by atoms with van der Waals surface area (Å²) in [4.78, 5) is 40.0. The largest absolute Gasteiger partial charge is 0.356 e. The fourth-order valence-electron chi connectivity index (χ4n) is 2.85. The van der Waals surface area contributed by atoms with Crippen LogP contribution in [-0.4, -0.2) is 39.7 Å². The van der Waals surface area contributed by atoms with Crippen LogP contribution in [-0.2, 0) is 11.8 Å². The summed E-state index contributed by atoms with van der Waals surface area (Å²) < 4.78 is 1.51. The molecule has 2 aromatic heterocycles. The maximum absolute atomic E-state index is 12.5. The molecule has 8 heteroatoms. The normalized spacial score (nSPS) is 18.0. The van der Waals surface area contributed by atoms with E-state index in [1.165, 1.54) is 4.68 Å². The summed E-state index contributed by atoms with van der Waals surface area (Å²) >= 11 is 0. The molecular weight excluding hydrogens is 298 g/mol. The fourth-order valence-corrected chi connectivity index (χ4v) is 2.85. The van der Waals surface area contributed by atoms with Gasteiger partial charge in [0.2, 0.25) is 5.91 Å². The highest BCUT2D eigenvalue weighted by Gasteiger charge is 2.21. The fraction of sp³-hybridized carbons (Fsp3) is 0.467. The van der Waals surface area contributed by atoms with Gasteiger partial charge in [-0.25, -0.2) is 4.98 Å². The van der Waals surface area contributed by atoms with E-state index < -0.39 is 0 Å². The number of fused-ring (bicyclic) bond motifs is 1. The van der Waals surface area contributed by atoms with Crippen molar-refractivity contribution in [3.8, 4) is 0 Å². The Hall–Kier alpha value is -2.64. The SMILES string of the molecule is Cc1cc(C(=O)NCC2CCC(=O)NC2)c2c(=O)[nH]n(C)c2n1. The maximum atomic E-state index is 12.5. The van der Waals surface area contributed by atoms with E-state index in [4.69, 9.17) is 0 Å². The van der Waals surface area contributed by atoms with Gasteiger partial charge >= 0.3 is 0 Å². The molecule has 122 valence electrons. The maximum Gasteiger partial charge on any atom is 0.274 e. The molecular formula is C15H19N5O3. The molecule has 23 heavy (non-hydrogen) atoms. The van der Waals surface area contributed by atoms with E-state index in [0.29, 0.717) is 41.8 Å². The number of H-pyrrole nitrogens is 1. The Balaban J connectivity index is 1.81. The molecule has 3 rings (SSSR count). The van der Waals surface area contributed by atoms with E-state index >= 15 is 0 Å². The number of nitrogens with zero attached hydrogens (tertiary/aromatic N) is 2. The molecule has 1 unspecified atom stereocenters. The lowest BCUT2D eigenvalue weighted by molar-refractivity contribution is -0.122. The van der Waals surface area contributed by atoms with Crippen molar-refractivity contribution in [3.63, 3.8) is 0 Å². The summed E-state index contributed by atoms with van der Waals surface area (Å²) in [5.74, 6) is -0.0342.